The summed E-state index contributed by atoms with van der Waals surface area (Å²) >= 11 is 6.41. The van der Waals surface area contributed by atoms with Crippen LogP contribution in [0.5, 0.6) is 0 Å². The van der Waals surface area contributed by atoms with E-state index < -0.39 is 0 Å². The third-order valence-corrected chi connectivity index (χ3v) is 6.12. The van der Waals surface area contributed by atoms with Gasteiger partial charge in [0.15, 0.2) is 0 Å². The molecule has 34 heavy (non-hydrogen) atoms. The third kappa shape index (κ3) is 5.73. The van der Waals surface area contributed by atoms with Crippen molar-refractivity contribution in [2.75, 3.05) is 41.7 Å². The first-order valence-electron chi connectivity index (χ1n) is 11.4. The average Bonchev–Trinajstić information content (AvgIpc) is 2.85. The summed E-state index contributed by atoms with van der Waals surface area (Å²) < 4.78 is 0. The number of anilines is 4. The number of aromatic nitrogens is 2. The second-order valence-corrected chi connectivity index (χ2v) is 8.86. The van der Waals surface area contributed by atoms with E-state index in [2.05, 4.69) is 63.0 Å². The highest BCUT2D eigenvalue weighted by Crippen LogP contribution is 2.29. The molecule has 1 fully saturated rings. The van der Waals surface area contributed by atoms with E-state index in [0.29, 0.717) is 28.4 Å². The monoisotopic (exact) mass is 476 g/mol. The standard InChI is InChI=1S/C26H29ClN6O/c1-4-24(34)29-20-8-5-7-19(15-20)25-23(27)17-28-26(31-25)30-21-9-6-10-22(16-21)33-13-11-32(12-14-33)18(2)3/h4-10,15-18H,1,11-14H2,2-3H3,(H,29,34)(H,28,30,31). The van der Waals surface area contributed by atoms with Gasteiger partial charge < -0.3 is 15.5 Å². The first-order valence-corrected chi connectivity index (χ1v) is 11.7. The van der Waals surface area contributed by atoms with Crippen molar-refractivity contribution in [3.05, 3.63) is 72.4 Å². The molecule has 1 aliphatic rings. The van der Waals surface area contributed by atoms with Crippen molar-refractivity contribution < 1.29 is 4.79 Å². The molecule has 0 saturated carbocycles. The van der Waals surface area contributed by atoms with Gasteiger partial charge in [0.2, 0.25) is 11.9 Å². The van der Waals surface area contributed by atoms with Crippen LogP contribution in [0.1, 0.15) is 13.8 Å². The van der Waals surface area contributed by atoms with Crippen LogP contribution in [0.15, 0.2) is 67.4 Å². The molecule has 176 valence electrons. The highest BCUT2D eigenvalue weighted by Gasteiger charge is 2.19. The maximum atomic E-state index is 11.6. The van der Waals surface area contributed by atoms with Crippen LogP contribution in [-0.2, 0) is 4.79 Å². The number of benzene rings is 2. The Labute approximate surface area is 205 Å². The summed E-state index contributed by atoms with van der Waals surface area (Å²) in [6.45, 7) is 12.1. The zero-order valence-electron chi connectivity index (χ0n) is 19.5. The lowest BCUT2D eigenvalue weighted by Gasteiger charge is -2.38. The van der Waals surface area contributed by atoms with Gasteiger partial charge >= 0.3 is 0 Å². The molecule has 2 aromatic carbocycles. The van der Waals surface area contributed by atoms with E-state index in [0.717, 1.165) is 37.4 Å². The molecule has 0 bridgehead atoms. The maximum absolute atomic E-state index is 11.6. The van der Waals surface area contributed by atoms with Gasteiger partial charge in [-0.05, 0) is 50.3 Å². The van der Waals surface area contributed by atoms with E-state index in [4.69, 9.17) is 11.6 Å². The van der Waals surface area contributed by atoms with Crippen LogP contribution in [0.2, 0.25) is 5.02 Å². The van der Waals surface area contributed by atoms with Crippen LogP contribution in [-0.4, -0.2) is 53.0 Å². The van der Waals surface area contributed by atoms with Crippen LogP contribution >= 0.6 is 11.6 Å². The van der Waals surface area contributed by atoms with Crippen molar-refractivity contribution in [1.82, 2.24) is 14.9 Å². The number of nitrogens with zero attached hydrogens (tertiary/aromatic N) is 4. The molecule has 1 aliphatic heterocycles. The van der Waals surface area contributed by atoms with Crippen LogP contribution < -0.4 is 15.5 Å². The summed E-state index contributed by atoms with van der Waals surface area (Å²) in [7, 11) is 0. The van der Waals surface area contributed by atoms with Gasteiger partial charge in [0, 0.05) is 54.8 Å². The zero-order chi connectivity index (χ0) is 24.1. The van der Waals surface area contributed by atoms with Crippen molar-refractivity contribution in [1.29, 1.82) is 0 Å². The summed E-state index contributed by atoms with van der Waals surface area (Å²) in [6.07, 6.45) is 2.81. The smallest absolute Gasteiger partial charge is 0.247 e. The van der Waals surface area contributed by atoms with E-state index in [1.807, 2.05) is 30.3 Å². The molecular weight excluding hydrogens is 448 g/mol. The first-order chi connectivity index (χ1) is 16.4. The fraction of sp³-hybridized carbons (Fsp3) is 0.269. The maximum Gasteiger partial charge on any atom is 0.247 e. The second-order valence-electron chi connectivity index (χ2n) is 8.46. The fourth-order valence-electron chi connectivity index (χ4n) is 3.97. The molecule has 0 spiro atoms. The number of hydrogen-bond donors (Lipinski definition) is 2. The zero-order valence-corrected chi connectivity index (χ0v) is 20.2. The van der Waals surface area contributed by atoms with Crippen molar-refractivity contribution >= 4 is 40.5 Å². The minimum atomic E-state index is -0.279. The van der Waals surface area contributed by atoms with Crippen molar-refractivity contribution in [2.24, 2.45) is 0 Å². The summed E-state index contributed by atoms with van der Waals surface area (Å²) in [5.41, 5.74) is 4.07. The number of rotatable bonds is 7. The average molecular weight is 477 g/mol. The third-order valence-electron chi connectivity index (χ3n) is 5.85. The summed E-state index contributed by atoms with van der Waals surface area (Å²) in [5.74, 6) is 0.167. The number of nitrogens with one attached hydrogen (secondary N) is 2. The lowest BCUT2D eigenvalue weighted by molar-refractivity contribution is -0.111. The Morgan fingerprint density at radius 3 is 2.56 bits per heavy atom. The Bertz CT molecular complexity index is 1170. The Hall–Kier alpha value is -3.42. The minimum Gasteiger partial charge on any atom is -0.369 e. The largest absolute Gasteiger partial charge is 0.369 e. The van der Waals surface area contributed by atoms with E-state index >= 15 is 0 Å². The van der Waals surface area contributed by atoms with E-state index in [-0.39, 0.29) is 5.91 Å². The number of hydrogen-bond acceptors (Lipinski definition) is 6. The van der Waals surface area contributed by atoms with Crippen molar-refractivity contribution in [3.63, 3.8) is 0 Å². The van der Waals surface area contributed by atoms with Gasteiger partial charge in [0.05, 0.1) is 16.9 Å². The molecule has 0 radical (unpaired) electrons. The molecule has 0 atom stereocenters. The van der Waals surface area contributed by atoms with Gasteiger partial charge in [0.25, 0.3) is 0 Å². The SMILES string of the molecule is C=CC(=O)Nc1cccc(-c2nc(Nc3cccc(N4CCN(C(C)C)CC4)c3)ncc2Cl)c1. The van der Waals surface area contributed by atoms with Gasteiger partial charge in [-0.1, -0.05) is 36.4 Å². The Morgan fingerprint density at radius 2 is 1.82 bits per heavy atom. The van der Waals surface area contributed by atoms with E-state index in [9.17, 15) is 4.79 Å². The molecular formula is C26H29ClN6O. The number of halogens is 1. The first kappa shape index (κ1) is 23.7. The summed E-state index contributed by atoms with van der Waals surface area (Å²) in [4.78, 5) is 25.5. The molecule has 1 aromatic heterocycles. The van der Waals surface area contributed by atoms with Gasteiger partial charge in [-0.15, -0.1) is 0 Å². The summed E-state index contributed by atoms with van der Waals surface area (Å²) in [6, 6.07) is 16.2. The molecule has 2 heterocycles. The van der Waals surface area contributed by atoms with E-state index in [1.165, 1.54) is 11.8 Å². The van der Waals surface area contributed by atoms with Crippen LogP contribution in [0, 0.1) is 0 Å². The van der Waals surface area contributed by atoms with Gasteiger partial charge in [-0.3, -0.25) is 9.69 Å². The minimum absolute atomic E-state index is 0.279. The highest BCUT2D eigenvalue weighted by atomic mass is 35.5. The van der Waals surface area contributed by atoms with Gasteiger partial charge in [-0.2, -0.15) is 0 Å². The predicted molar refractivity (Wildman–Crippen MR) is 140 cm³/mol. The van der Waals surface area contributed by atoms with Crippen molar-refractivity contribution in [3.8, 4) is 11.3 Å². The Kier molecular flexibility index (Phi) is 7.45. The van der Waals surface area contributed by atoms with Gasteiger partial charge in [-0.25, -0.2) is 9.97 Å². The number of amides is 1. The molecule has 0 aliphatic carbocycles. The highest BCUT2D eigenvalue weighted by molar-refractivity contribution is 6.33. The predicted octanol–water partition coefficient (Wildman–Crippen LogP) is 5.20. The number of carbonyl (C=O) groups is 1. The molecule has 7 nitrogen and oxygen atoms in total. The van der Waals surface area contributed by atoms with Crippen LogP contribution in [0.3, 0.4) is 0 Å². The Morgan fingerprint density at radius 1 is 1.09 bits per heavy atom. The number of piperazine rings is 1. The molecule has 1 saturated heterocycles. The Balaban J connectivity index is 1.51. The van der Waals surface area contributed by atoms with Crippen LogP contribution in [0.4, 0.5) is 23.0 Å². The molecule has 0 unspecified atom stereocenters. The topological polar surface area (TPSA) is 73.4 Å². The quantitative estimate of drug-likeness (QED) is 0.457. The van der Waals surface area contributed by atoms with Crippen LogP contribution in [0.25, 0.3) is 11.3 Å². The normalized spacial score (nSPS) is 14.2. The molecule has 1 amide bonds. The molecule has 2 N–H and O–H groups in total. The number of carbonyl (C=O) groups excluding carboxylic acids is 1. The molecule has 4 rings (SSSR count). The van der Waals surface area contributed by atoms with Crippen molar-refractivity contribution in [2.45, 2.75) is 19.9 Å². The fourth-order valence-corrected chi connectivity index (χ4v) is 4.17. The summed E-state index contributed by atoms with van der Waals surface area (Å²) in [5, 5.41) is 6.48. The lowest BCUT2D eigenvalue weighted by Crippen LogP contribution is -2.48. The van der Waals surface area contributed by atoms with E-state index in [1.54, 1.807) is 12.3 Å². The van der Waals surface area contributed by atoms with Gasteiger partial charge in [0.1, 0.15) is 0 Å². The molecule has 3 aromatic rings. The second kappa shape index (κ2) is 10.7. The lowest BCUT2D eigenvalue weighted by atomic mass is 10.1. The molecule has 8 heteroatoms.